The topological polar surface area (TPSA) is 88.5 Å². The number of rotatable bonds is 8. The minimum absolute atomic E-state index is 0.0713. The maximum absolute atomic E-state index is 11.9. The van der Waals surface area contributed by atoms with Crippen LogP contribution in [0, 0.1) is 6.92 Å². The summed E-state index contributed by atoms with van der Waals surface area (Å²) in [5.74, 6) is 0.0211. The summed E-state index contributed by atoms with van der Waals surface area (Å²) >= 11 is 1.03. The number of thiazole rings is 1. The van der Waals surface area contributed by atoms with Crippen LogP contribution in [0.4, 0.5) is 0 Å². The van der Waals surface area contributed by atoms with Crippen molar-refractivity contribution < 1.29 is 19.4 Å². The summed E-state index contributed by atoms with van der Waals surface area (Å²) in [5, 5.41) is 12.2. The van der Waals surface area contributed by atoms with E-state index in [1.54, 1.807) is 6.92 Å². The molecule has 2 aromatic rings. The number of hydrogen-bond acceptors (Lipinski definition) is 5. The van der Waals surface area contributed by atoms with Gasteiger partial charge in [0.25, 0.3) is 0 Å². The largest absolute Gasteiger partial charge is 0.492 e. The van der Waals surface area contributed by atoms with E-state index < -0.39 is 5.97 Å². The van der Waals surface area contributed by atoms with Gasteiger partial charge >= 0.3 is 5.97 Å². The second-order valence-corrected chi connectivity index (χ2v) is 7.01. The fraction of sp³-hybridized carbons (Fsp3) is 0.389. The van der Waals surface area contributed by atoms with Gasteiger partial charge in [-0.15, -0.1) is 11.3 Å². The summed E-state index contributed by atoms with van der Waals surface area (Å²) in [6.07, 6.45) is 0.0713. The minimum atomic E-state index is -1.02. The molecule has 1 heterocycles. The van der Waals surface area contributed by atoms with Crippen molar-refractivity contribution in [1.29, 1.82) is 0 Å². The van der Waals surface area contributed by atoms with Gasteiger partial charge in [0, 0.05) is 0 Å². The quantitative estimate of drug-likeness (QED) is 0.705. The Hall–Kier alpha value is -2.41. The highest BCUT2D eigenvalue weighted by atomic mass is 32.1. The number of carbonyl (C=O) groups excluding carboxylic acids is 1. The molecule has 0 radical (unpaired) electrons. The number of carboxylic acids is 1. The minimum Gasteiger partial charge on any atom is -0.492 e. The van der Waals surface area contributed by atoms with Crippen molar-refractivity contribution in [3.63, 3.8) is 0 Å². The van der Waals surface area contributed by atoms with Gasteiger partial charge in [-0.05, 0) is 30.5 Å². The van der Waals surface area contributed by atoms with Crippen LogP contribution >= 0.6 is 11.3 Å². The highest BCUT2D eigenvalue weighted by molar-refractivity contribution is 7.13. The molecule has 0 saturated carbocycles. The molecule has 0 aliphatic heterocycles. The molecule has 1 aromatic heterocycles. The van der Waals surface area contributed by atoms with Crippen molar-refractivity contribution >= 4 is 23.2 Å². The van der Waals surface area contributed by atoms with Crippen LogP contribution in [0.2, 0.25) is 0 Å². The lowest BCUT2D eigenvalue weighted by Gasteiger charge is -2.09. The third-order valence-electron chi connectivity index (χ3n) is 3.59. The molecular weight excluding hydrogens is 340 g/mol. The summed E-state index contributed by atoms with van der Waals surface area (Å²) in [7, 11) is 0. The summed E-state index contributed by atoms with van der Waals surface area (Å²) in [5.41, 5.74) is 1.69. The number of aromatic nitrogens is 1. The number of hydrogen-bond donors (Lipinski definition) is 2. The van der Waals surface area contributed by atoms with Gasteiger partial charge in [-0.25, -0.2) is 9.78 Å². The molecule has 0 unspecified atom stereocenters. The van der Waals surface area contributed by atoms with Crippen LogP contribution in [0.3, 0.4) is 0 Å². The second-order valence-electron chi connectivity index (χ2n) is 5.93. The predicted molar refractivity (Wildman–Crippen MR) is 96.6 cm³/mol. The summed E-state index contributed by atoms with van der Waals surface area (Å²) in [6.45, 7) is 6.63. The Labute approximate surface area is 150 Å². The van der Waals surface area contributed by atoms with Crippen LogP contribution in [0.5, 0.6) is 5.75 Å². The van der Waals surface area contributed by atoms with E-state index in [2.05, 4.69) is 24.1 Å². The molecule has 0 spiro atoms. The molecule has 134 valence electrons. The maximum Gasteiger partial charge on any atom is 0.347 e. The SMILES string of the molecule is Cc1nc(CC(=O)NCCOc2ccc(C(C)C)cc2)sc1C(=O)O. The highest BCUT2D eigenvalue weighted by Gasteiger charge is 2.15. The molecule has 0 aliphatic rings. The first-order valence-electron chi connectivity index (χ1n) is 8.06. The number of aryl methyl sites for hydroxylation is 1. The van der Waals surface area contributed by atoms with Crippen LogP contribution in [0.1, 0.15) is 45.7 Å². The number of carbonyl (C=O) groups is 2. The Kier molecular flexibility index (Phi) is 6.52. The van der Waals surface area contributed by atoms with Crippen LogP contribution in [-0.2, 0) is 11.2 Å². The van der Waals surface area contributed by atoms with Crippen molar-refractivity contribution in [1.82, 2.24) is 10.3 Å². The fourth-order valence-corrected chi connectivity index (χ4v) is 3.14. The Bertz CT molecular complexity index is 738. The van der Waals surface area contributed by atoms with Gasteiger partial charge in [0.05, 0.1) is 18.7 Å². The molecule has 1 amide bonds. The molecule has 6 nitrogen and oxygen atoms in total. The van der Waals surface area contributed by atoms with Gasteiger partial charge in [-0.2, -0.15) is 0 Å². The van der Waals surface area contributed by atoms with Gasteiger partial charge in [0.1, 0.15) is 22.2 Å². The van der Waals surface area contributed by atoms with Crippen molar-refractivity contribution in [2.24, 2.45) is 0 Å². The molecule has 0 aliphatic carbocycles. The number of nitrogens with zero attached hydrogens (tertiary/aromatic N) is 1. The molecular formula is C18H22N2O4S. The Morgan fingerprint density at radius 1 is 1.28 bits per heavy atom. The Morgan fingerprint density at radius 2 is 1.96 bits per heavy atom. The molecule has 0 atom stereocenters. The van der Waals surface area contributed by atoms with E-state index in [9.17, 15) is 9.59 Å². The predicted octanol–water partition coefficient (Wildman–Crippen LogP) is 3.01. The van der Waals surface area contributed by atoms with E-state index in [1.807, 2.05) is 24.3 Å². The third-order valence-corrected chi connectivity index (χ3v) is 4.73. The highest BCUT2D eigenvalue weighted by Crippen LogP contribution is 2.19. The summed E-state index contributed by atoms with van der Waals surface area (Å²) in [4.78, 5) is 27.2. The van der Waals surface area contributed by atoms with Crippen molar-refractivity contribution in [3.8, 4) is 5.75 Å². The van der Waals surface area contributed by atoms with E-state index in [1.165, 1.54) is 5.56 Å². The van der Waals surface area contributed by atoms with Gasteiger partial charge in [0.15, 0.2) is 0 Å². The standard InChI is InChI=1S/C18H22N2O4S/c1-11(2)13-4-6-14(7-5-13)24-9-8-19-15(21)10-16-20-12(3)17(25-16)18(22)23/h4-7,11H,8-10H2,1-3H3,(H,19,21)(H,22,23). The molecule has 1 aromatic carbocycles. The van der Waals surface area contributed by atoms with Crippen LogP contribution in [0.15, 0.2) is 24.3 Å². The first-order valence-corrected chi connectivity index (χ1v) is 8.87. The van der Waals surface area contributed by atoms with Crippen LogP contribution in [-0.4, -0.2) is 35.1 Å². The van der Waals surface area contributed by atoms with Crippen molar-refractivity contribution in [2.45, 2.75) is 33.1 Å². The number of nitrogens with one attached hydrogen (secondary N) is 1. The number of aromatic carboxylic acids is 1. The number of benzene rings is 1. The van der Waals surface area contributed by atoms with Crippen molar-refractivity contribution in [3.05, 3.63) is 45.4 Å². The first-order chi connectivity index (χ1) is 11.9. The molecule has 2 N–H and O–H groups in total. The van der Waals surface area contributed by atoms with Crippen LogP contribution < -0.4 is 10.1 Å². The number of carboxylic acid groups (broad SMARTS) is 1. The fourth-order valence-electron chi connectivity index (χ4n) is 2.23. The molecule has 25 heavy (non-hydrogen) atoms. The monoisotopic (exact) mass is 362 g/mol. The maximum atomic E-state index is 11.9. The second kappa shape index (κ2) is 8.62. The van der Waals surface area contributed by atoms with Crippen LogP contribution in [0.25, 0.3) is 0 Å². The molecule has 0 fully saturated rings. The van der Waals surface area contributed by atoms with E-state index >= 15 is 0 Å². The number of ether oxygens (including phenoxy) is 1. The van der Waals surface area contributed by atoms with E-state index in [4.69, 9.17) is 9.84 Å². The van der Waals surface area contributed by atoms with E-state index in [-0.39, 0.29) is 17.2 Å². The van der Waals surface area contributed by atoms with Crippen molar-refractivity contribution in [2.75, 3.05) is 13.2 Å². The smallest absolute Gasteiger partial charge is 0.347 e. The summed E-state index contributed by atoms with van der Waals surface area (Å²) in [6, 6.07) is 7.90. The zero-order chi connectivity index (χ0) is 18.4. The average molecular weight is 362 g/mol. The van der Waals surface area contributed by atoms with Gasteiger partial charge < -0.3 is 15.2 Å². The van der Waals surface area contributed by atoms with E-state index in [0.717, 1.165) is 17.1 Å². The van der Waals surface area contributed by atoms with Gasteiger partial charge in [-0.3, -0.25) is 4.79 Å². The Morgan fingerprint density at radius 3 is 2.52 bits per heavy atom. The molecule has 2 rings (SSSR count). The lowest BCUT2D eigenvalue weighted by Crippen LogP contribution is -2.29. The first kappa shape index (κ1) is 18.9. The molecule has 0 saturated heterocycles. The lowest BCUT2D eigenvalue weighted by molar-refractivity contribution is -0.120. The Balaban J connectivity index is 1.73. The average Bonchev–Trinajstić information content (AvgIpc) is 2.92. The van der Waals surface area contributed by atoms with Gasteiger partial charge in [-0.1, -0.05) is 26.0 Å². The van der Waals surface area contributed by atoms with Gasteiger partial charge in [0.2, 0.25) is 5.91 Å². The normalized spacial score (nSPS) is 10.7. The summed E-state index contributed by atoms with van der Waals surface area (Å²) < 4.78 is 5.59. The van der Waals surface area contributed by atoms with E-state index in [0.29, 0.717) is 29.8 Å². The molecule has 7 heteroatoms. The zero-order valence-corrected chi connectivity index (χ0v) is 15.4. The zero-order valence-electron chi connectivity index (χ0n) is 14.5. The lowest BCUT2D eigenvalue weighted by atomic mass is 10.0. The molecule has 0 bridgehead atoms. The number of amides is 1. The third kappa shape index (κ3) is 5.56.